The first kappa shape index (κ1) is 23.3. The van der Waals surface area contributed by atoms with Crippen LogP contribution in [0.3, 0.4) is 0 Å². The SMILES string of the molecule is COC(=O)c1ccc(C(=O)Oc2c(C)cc(C(C)c3cc(C)c(C)c(C)c3)cc2C)cc1. The molecule has 4 nitrogen and oxygen atoms in total. The fourth-order valence-electron chi connectivity index (χ4n) is 3.92. The minimum Gasteiger partial charge on any atom is -0.465 e. The minimum absolute atomic E-state index is 0.223. The number of methoxy groups -OCH3 is 1. The quantitative estimate of drug-likeness (QED) is 0.348. The molecular weight excluding hydrogens is 400 g/mol. The van der Waals surface area contributed by atoms with Gasteiger partial charge in [0.1, 0.15) is 5.75 Å². The van der Waals surface area contributed by atoms with Gasteiger partial charge in [-0.1, -0.05) is 31.2 Å². The molecule has 3 rings (SSSR count). The summed E-state index contributed by atoms with van der Waals surface area (Å²) in [4.78, 5) is 24.3. The van der Waals surface area contributed by atoms with E-state index in [1.54, 1.807) is 24.3 Å². The van der Waals surface area contributed by atoms with Gasteiger partial charge in [-0.05, 0) is 97.8 Å². The van der Waals surface area contributed by atoms with E-state index in [0.29, 0.717) is 16.9 Å². The van der Waals surface area contributed by atoms with Gasteiger partial charge in [0.2, 0.25) is 0 Å². The molecule has 3 aromatic rings. The van der Waals surface area contributed by atoms with Crippen molar-refractivity contribution in [3.8, 4) is 5.75 Å². The molecule has 0 spiro atoms. The fraction of sp³-hybridized carbons (Fsp3) is 0.286. The van der Waals surface area contributed by atoms with Gasteiger partial charge in [0.15, 0.2) is 0 Å². The van der Waals surface area contributed by atoms with Crippen molar-refractivity contribution in [1.29, 1.82) is 0 Å². The number of carbonyl (C=O) groups is 2. The highest BCUT2D eigenvalue weighted by Crippen LogP contribution is 2.33. The number of aryl methyl sites for hydroxylation is 4. The lowest BCUT2D eigenvalue weighted by molar-refractivity contribution is 0.0599. The Labute approximate surface area is 190 Å². The van der Waals surface area contributed by atoms with Crippen LogP contribution in [-0.4, -0.2) is 19.0 Å². The first-order chi connectivity index (χ1) is 15.1. The normalized spacial score (nSPS) is 11.7. The van der Waals surface area contributed by atoms with Crippen LogP contribution >= 0.6 is 0 Å². The maximum atomic E-state index is 12.7. The zero-order valence-corrected chi connectivity index (χ0v) is 19.8. The molecule has 0 radical (unpaired) electrons. The molecule has 166 valence electrons. The van der Waals surface area contributed by atoms with Crippen molar-refractivity contribution >= 4 is 11.9 Å². The molecule has 32 heavy (non-hydrogen) atoms. The van der Waals surface area contributed by atoms with Crippen LogP contribution < -0.4 is 4.74 Å². The topological polar surface area (TPSA) is 52.6 Å². The Morgan fingerprint density at radius 2 is 1.09 bits per heavy atom. The summed E-state index contributed by atoms with van der Waals surface area (Å²) in [5, 5.41) is 0. The maximum Gasteiger partial charge on any atom is 0.343 e. The Kier molecular flexibility index (Phi) is 6.83. The van der Waals surface area contributed by atoms with Crippen LogP contribution in [0.25, 0.3) is 0 Å². The molecule has 0 aliphatic heterocycles. The van der Waals surface area contributed by atoms with Crippen LogP contribution in [0, 0.1) is 34.6 Å². The molecule has 0 N–H and O–H groups in total. The van der Waals surface area contributed by atoms with E-state index in [-0.39, 0.29) is 5.92 Å². The van der Waals surface area contributed by atoms with Crippen molar-refractivity contribution in [2.45, 2.75) is 47.5 Å². The summed E-state index contributed by atoms with van der Waals surface area (Å²) < 4.78 is 10.4. The first-order valence-corrected chi connectivity index (χ1v) is 10.7. The van der Waals surface area contributed by atoms with Gasteiger partial charge in [0.25, 0.3) is 0 Å². The van der Waals surface area contributed by atoms with Crippen molar-refractivity contribution in [2.75, 3.05) is 7.11 Å². The summed E-state index contributed by atoms with van der Waals surface area (Å²) in [6, 6.07) is 14.9. The molecule has 1 atom stereocenters. The van der Waals surface area contributed by atoms with Crippen LogP contribution in [0.1, 0.15) is 72.5 Å². The van der Waals surface area contributed by atoms with Gasteiger partial charge in [-0.25, -0.2) is 9.59 Å². The molecule has 0 saturated carbocycles. The second-order valence-electron chi connectivity index (χ2n) is 8.44. The number of benzene rings is 3. The standard InChI is InChI=1S/C28H30O4/c1-16-12-24(13-17(2)20(16)5)21(6)25-14-18(3)26(19(4)15-25)32-28(30)23-10-8-22(9-11-23)27(29)31-7/h8-15,21H,1-7H3. The summed E-state index contributed by atoms with van der Waals surface area (Å²) >= 11 is 0. The molecule has 0 aromatic heterocycles. The Bertz CT molecular complexity index is 1130. The molecule has 0 amide bonds. The smallest absolute Gasteiger partial charge is 0.343 e. The van der Waals surface area contributed by atoms with Crippen molar-refractivity contribution in [2.24, 2.45) is 0 Å². The maximum absolute atomic E-state index is 12.7. The summed E-state index contributed by atoms with van der Waals surface area (Å²) in [6.07, 6.45) is 0. The average Bonchev–Trinajstić information content (AvgIpc) is 2.78. The van der Waals surface area contributed by atoms with E-state index in [4.69, 9.17) is 4.74 Å². The summed E-state index contributed by atoms with van der Waals surface area (Å²) in [5.74, 6) is -0.112. The van der Waals surface area contributed by atoms with E-state index in [1.807, 2.05) is 13.8 Å². The molecule has 0 bridgehead atoms. The predicted octanol–water partition coefficient (Wildman–Crippen LogP) is 6.39. The van der Waals surface area contributed by atoms with Gasteiger partial charge in [0, 0.05) is 5.92 Å². The lowest BCUT2D eigenvalue weighted by Gasteiger charge is -2.19. The van der Waals surface area contributed by atoms with Gasteiger partial charge in [-0.15, -0.1) is 0 Å². The average molecular weight is 431 g/mol. The van der Waals surface area contributed by atoms with Crippen LogP contribution in [0.5, 0.6) is 5.75 Å². The second-order valence-corrected chi connectivity index (χ2v) is 8.44. The number of hydrogen-bond donors (Lipinski definition) is 0. The predicted molar refractivity (Wildman–Crippen MR) is 127 cm³/mol. The van der Waals surface area contributed by atoms with E-state index in [0.717, 1.165) is 11.1 Å². The van der Waals surface area contributed by atoms with E-state index >= 15 is 0 Å². The Hall–Kier alpha value is -3.40. The number of ether oxygens (including phenoxy) is 2. The van der Waals surface area contributed by atoms with E-state index in [2.05, 4.69) is 56.7 Å². The minimum atomic E-state index is -0.460. The van der Waals surface area contributed by atoms with Crippen LogP contribution in [-0.2, 0) is 4.74 Å². The van der Waals surface area contributed by atoms with Crippen molar-refractivity contribution < 1.29 is 19.1 Å². The molecule has 0 saturated heterocycles. The summed E-state index contributed by atoms with van der Waals surface area (Å²) in [5.41, 5.74) is 8.96. The zero-order valence-electron chi connectivity index (χ0n) is 19.8. The molecule has 4 heteroatoms. The Balaban J connectivity index is 1.84. The third-order valence-corrected chi connectivity index (χ3v) is 6.17. The summed E-state index contributed by atoms with van der Waals surface area (Å²) in [7, 11) is 1.32. The first-order valence-electron chi connectivity index (χ1n) is 10.7. The highest BCUT2D eigenvalue weighted by atomic mass is 16.5. The van der Waals surface area contributed by atoms with E-state index in [9.17, 15) is 9.59 Å². The van der Waals surface area contributed by atoms with Crippen molar-refractivity contribution in [1.82, 2.24) is 0 Å². The summed E-state index contributed by atoms with van der Waals surface area (Å²) in [6.45, 7) is 12.6. The monoisotopic (exact) mass is 430 g/mol. The van der Waals surface area contributed by atoms with Gasteiger partial charge >= 0.3 is 11.9 Å². The molecular formula is C28H30O4. The zero-order chi connectivity index (χ0) is 23.6. The van der Waals surface area contributed by atoms with Gasteiger partial charge in [-0.3, -0.25) is 0 Å². The third-order valence-electron chi connectivity index (χ3n) is 6.17. The highest BCUT2D eigenvalue weighted by Gasteiger charge is 2.17. The fourth-order valence-corrected chi connectivity index (χ4v) is 3.92. The highest BCUT2D eigenvalue weighted by molar-refractivity contribution is 5.94. The largest absolute Gasteiger partial charge is 0.465 e. The Morgan fingerprint density at radius 3 is 1.53 bits per heavy atom. The van der Waals surface area contributed by atoms with Crippen LogP contribution in [0.2, 0.25) is 0 Å². The molecule has 0 aliphatic carbocycles. The number of carbonyl (C=O) groups excluding carboxylic acids is 2. The van der Waals surface area contributed by atoms with E-state index < -0.39 is 11.9 Å². The molecule has 3 aromatic carbocycles. The molecule has 1 unspecified atom stereocenters. The molecule has 0 aliphatic rings. The van der Waals surface area contributed by atoms with Crippen molar-refractivity contribution in [3.05, 3.63) is 98.6 Å². The molecule has 0 fully saturated rings. The number of esters is 2. The lowest BCUT2D eigenvalue weighted by atomic mass is 9.87. The van der Waals surface area contributed by atoms with Gasteiger partial charge in [-0.2, -0.15) is 0 Å². The van der Waals surface area contributed by atoms with Crippen LogP contribution in [0.4, 0.5) is 0 Å². The molecule has 0 heterocycles. The Morgan fingerprint density at radius 1 is 0.688 bits per heavy atom. The second kappa shape index (κ2) is 9.39. The van der Waals surface area contributed by atoms with Crippen LogP contribution in [0.15, 0.2) is 48.5 Å². The lowest BCUT2D eigenvalue weighted by Crippen LogP contribution is -2.11. The van der Waals surface area contributed by atoms with Gasteiger partial charge < -0.3 is 9.47 Å². The van der Waals surface area contributed by atoms with E-state index in [1.165, 1.54) is 34.9 Å². The van der Waals surface area contributed by atoms with Gasteiger partial charge in [0.05, 0.1) is 18.2 Å². The number of rotatable bonds is 5. The van der Waals surface area contributed by atoms with Crippen molar-refractivity contribution in [3.63, 3.8) is 0 Å². The number of hydrogen-bond acceptors (Lipinski definition) is 4. The third kappa shape index (κ3) is 4.75.